The minimum Gasteiger partial charge on any atom is -0.481 e. The normalized spacial score (nSPS) is 11.9. The molecule has 0 saturated heterocycles. The lowest BCUT2D eigenvalue weighted by molar-refractivity contribution is -0.138. The number of hydrogen-bond acceptors (Lipinski definition) is 4. The van der Waals surface area contributed by atoms with Crippen molar-refractivity contribution in [2.24, 2.45) is 0 Å². The Morgan fingerprint density at radius 1 is 1.38 bits per heavy atom. The number of carboxylic acids is 1. The zero-order valence-electron chi connectivity index (χ0n) is 11.8. The van der Waals surface area contributed by atoms with Crippen molar-refractivity contribution >= 4 is 29.1 Å². The highest BCUT2D eigenvalue weighted by molar-refractivity contribution is 5.92. The predicted octanol–water partition coefficient (Wildman–Crippen LogP) is 2.21. The summed E-state index contributed by atoms with van der Waals surface area (Å²) in [5, 5.41) is 11.4. The highest BCUT2D eigenvalue weighted by Crippen LogP contribution is 2.15. The minimum atomic E-state index is -0.969. The molecule has 0 saturated carbocycles. The van der Waals surface area contributed by atoms with Crippen LogP contribution in [-0.4, -0.2) is 27.5 Å². The van der Waals surface area contributed by atoms with Crippen LogP contribution in [0.3, 0.4) is 0 Å². The van der Waals surface area contributed by atoms with Gasteiger partial charge in [0.05, 0.1) is 6.42 Å². The monoisotopic (exact) mass is 288 g/mol. The van der Waals surface area contributed by atoms with Crippen molar-refractivity contribution in [3.8, 4) is 0 Å². The fourth-order valence-corrected chi connectivity index (χ4v) is 1.91. The van der Waals surface area contributed by atoms with E-state index < -0.39 is 17.4 Å². The van der Waals surface area contributed by atoms with E-state index in [-0.39, 0.29) is 6.42 Å². The Bertz CT molecular complexity index is 668. The first-order chi connectivity index (χ1) is 9.85. The van der Waals surface area contributed by atoms with Crippen LogP contribution >= 0.6 is 0 Å². The smallest absolute Gasteiger partial charge is 0.305 e. The molecule has 0 fully saturated rings. The molecular formula is C15H16N2O4. The van der Waals surface area contributed by atoms with Gasteiger partial charge >= 0.3 is 5.97 Å². The molecule has 0 spiro atoms. The molecule has 0 aliphatic carbocycles. The molecule has 0 bridgehead atoms. The second-order valence-corrected chi connectivity index (χ2v) is 5.30. The molecule has 0 radical (unpaired) electrons. The zero-order valence-corrected chi connectivity index (χ0v) is 11.8. The first-order valence-electron chi connectivity index (χ1n) is 6.43. The summed E-state index contributed by atoms with van der Waals surface area (Å²) in [6.45, 7) is 3.29. The summed E-state index contributed by atoms with van der Waals surface area (Å²) in [7, 11) is 0. The lowest BCUT2D eigenvalue weighted by atomic mass is 10.0. The van der Waals surface area contributed by atoms with E-state index in [2.05, 4.69) is 10.3 Å². The van der Waals surface area contributed by atoms with Crippen molar-refractivity contribution in [3.05, 3.63) is 36.2 Å². The number of oxazole rings is 1. The largest absolute Gasteiger partial charge is 0.481 e. The Labute approximate surface area is 121 Å². The molecule has 0 unspecified atom stereocenters. The number of carbonyl (C=O) groups excluding carboxylic acids is 1. The maximum absolute atomic E-state index is 11.8. The van der Waals surface area contributed by atoms with Gasteiger partial charge in [-0.3, -0.25) is 9.59 Å². The van der Waals surface area contributed by atoms with Gasteiger partial charge in [0.2, 0.25) is 11.8 Å². The Morgan fingerprint density at radius 3 is 2.76 bits per heavy atom. The molecule has 0 aliphatic rings. The van der Waals surface area contributed by atoms with E-state index in [9.17, 15) is 9.59 Å². The molecule has 0 atom stereocenters. The Morgan fingerprint density at radius 2 is 2.10 bits per heavy atom. The summed E-state index contributed by atoms with van der Waals surface area (Å²) in [5.41, 5.74) is 0.529. The number of para-hydroxylation sites is 2. The third kappa shape index (κ3) is 4.17. The van der Waals surface area contributed by atoms with E-state index in [1.807, 2.05) is 18.2 Å². The molecule has 6 nitrogen and oxygen atoms in total. The molecule has 2 aromatic rings. The van der Waals surface area contributed by atoms with Crippen LogP contribution in [0.4, 0.5) is 0 Å². The van der Waals surface area contributed by atoms with Crippen LogP contribution in [-0.2, 0) is 9.59 Å². The molecule has 1 amide bonds. The minimum absolute atomic E-state index is 0.157. The Hall–Kier alpha value is -2.63. The number of carbonyl (C=O) groups is 2. The van der Waals surface area contributed by atoms with Gasteiger partial charge in [0, 0.05) is 17.7 Å². The van der Waals surface area contributed by atoms with Crippen molar-refractivity contribution in [1.82, 2.24) is 10.3 Å². The Balaban J connectivity index is 2.03. The van der Waals surface area contributed by atoms with Crippen molar-refractivity contribution in [2.45, 2.75) is 25.8 Å². The summed E-state index contributed by atoms with van der Waals surface area (Å²) in [4.78, 5) is 26.7. The van der Waals surface area contributed by atoms with Gasteiger partial charge in [-0.2, -0.15) is 0 Å². The van der Waals surface area contributed by atoms with Crippen LogP contribution in [0.15, 0.2) is 34.8 Å². The molecule has 2 rings (SSSR count). The van der Waals surface area contributed by atoms with Gasteiger partial charge in [-0.1, -0.05) is 12.1 Å². The maximum atomic E-state index is 11.8. The van der Waals surface area contributed by atoms with Crippen LogP contribution in [0.25, 0.3) is 17.2 Å². The van der Waals surface area contributed by atoms with Gasteiger partial charge in [-0.15, -0.1) is 0 Å². The van der Waals surface area contributed by atoms with E-state index in [0.717, 1.165) is 0 Å². The number of fused-ring (bicyclic) bond motifs is 1. The van der Waals surface area contributed by atoms with Crippen molar-refractivity contribution < 1.29 is 19.1 Å². The molecule has 110 valence electrons. The second kappa shape index (κ2) is 5.78. The first-order valence-corrected chi connectivity index (χ1v) is 6.43. The summed E-state index contributed by atoms with van der Waals surface area (Å²) in [6, 6.07) is 7.28. The summed E-state index contributed by atoms with van der Waals surface area (Å²) in [6.07, 6.45) is 2.57. The average molecular weight is 288 g/mol. The number of carboxylic acid groups (broad SMARTS) is 1. The van der Waals surface area contributed by atoms with Gasteiger partial charge < -0.3 is 14.8 Å². The predicted molar refractivity (Wildman–Crippen MR) is 77.5 cm³/mol. The maximum Gasteiger partial charge on any atom is 0.305 e. The fourth-order valence-electron chi connectivity index (χ4n) is 1.91. The molecule has 1 heterocycles. The van der Waals surface area contributed by atoms with E-state index in [1.54, 1.807) is 19.9 Å². The molecule has 21 heavy (non-hydrogen) atoms. The van der Waals surface area contributed by atoms with E-state index in [4.69, 9.17) is 9.52 Å². The third-order valence-electron chi connectivity index (χ3n) is 2.74. The van der Waals surface area contributed by atoms with Gasteiger partial charge in [-0.05, 0) is 26.0 Å². The van der Waals surface area contributed by atoms with Crippen molar-refractivity contribution in [1.29, 1.82) is 0 Å². The summed E-state index contributed by atoms with van der Waals surface area (Å²) in [5.74, 6) is -1.05. The van der Waals surface area contributed by atoms with Gasteiger partial charge in [0.1, 0.15) is 5.52 Å². The number of aromatic nitrogens is 1. The first kappa shape index (κ1) is 14.8. The number of amides is 1. The Kier molecular flexibility index (Phi) is 4.07. The number of rotatable bonds is 5. The molecule has 2 N–H and O–H groups in total. The van der Waals surface area contributed by atoms with Crippen molar-refractivity contribution in [3.63, 3.8) is 0 Å². The summed E-state index contributed by atoms with van der Waals surface area (Å²) < 4.78 is 5.44. The van der Waals surface area contributed by atoms with E-state index in [1.165, 1.54) is 12.2 Å². The van der Waals surface area contributed by atoms with Gasteiger partial charge in [-0.25, -0.2) is 4.98 Å². The van der Waals surface area contributed by atoms with Gasteiger partial charge in [0.25, 0.3) is 0 Å². The number of benzene rings is 1. The molecule has 1 aromatic carbocycles. The highest BCUT2D eigenvalue weighted by Gasteiger charge is 2.22. The number of nitrogens with one attached hydrogen (secondary N) is 1. The fraction of sp³-hybridized carbons (Fsp3) is 0.267. The molecule has 1 aromatic heterocycles. The number of aliphatic carboxylic acids is 1. The van der Waals surface area contributed by atoms with Crippen LogP contribution in [0, 0.1) is 0 Å². The molecule has 0 aliphatic heterocycles. The summed E-state index contributed by atoms with van der Waals surface area (Å²) >= 11 is 0. The number of hydrogen-bond donors (Lipinski definition) is 2. The SMILES string of the molecule is CC(C)(CC(=O)O)NC(=O)C=Cc1nc2ccccc2o1. The third-order valence-corrected chi connectivity index (χ3v) is 2.74. The topological polar surface area (TPSA) is 92.4 Å². The average Bonchev–Trinajstić information content (AvgIpc) is 2.76. The number of nitrogens with zero attached hydrogens (tertiary/aromatic N) is 1. The highest BCUT2D eigenvalue weighted by atomic mass is 16.4. The van der Waals surface area contributed by atoms with Crippen LogP contribution < -0.4 is 5.32 Å². The second-order valence-electron chi connectivity index (χ2n) is 5.30. The van der Waals surface area contributed by atoms with Crippen molar-refractivity contribution in [2.75, 3.05) is 0 Å². The van der Waals surface area contributed by atoms with Crippen LogP contribution in [0.5, 0.6) is 0 Å². The quantitative estimate of drug-likeness (QED) is 0.823. The van der Waals surface area contributed by atoms with E-state index in [0.29, 0.717) is 17.0 Å². The lowest BCUT2D eigenvalue weighted by Crippen LogP contribution is -2.44. The van der Waals surface area contributed by atoms with Crippen LogP contribution in [0.2, 0.25) is 0 Å². The van der Waals surface area contributed by atoms with Gasteiger partial charge in [0.15, 0.2) is 5.58 Å². The van der Waals surface area contributed by atoms with E-state index >= 15 is 0 Å². The zero-order chi connectivity index (χ0) is 15.5. The molecular weight excluding hydrogens is 272 g/mol. The standard InChI is InChI=1S/C15H16N2O4/c1-15(2,9-14(19)20)17-12(18)7-8-13-16-10-5-3-4-6-11(10)21-13/h3-8H,9H2,1-2H3,(H,17,18)(H,19,20). The molecule has 6 heteroatoms. The lowest BCUT2D eigenvalue weighted by Gasteiger charge is -2.23. The van der Waals surface area contributed by atoms with Crippen LogP contribution in [0.1, 0.15) is 26.2 Å².